The standard InChI is InChI=1S/C15H17BrF2O/c1-9-3-2-4-10(7-9)14(19)8-11-13(17)6-5-12(16)15(11)18/h5-6,9-10H,2-4,7-8H2,1H3. The van der Waals surface area contributed by atoms with Crippen molar-refractivity contribution in [2.75, 3.05) is 0 Å². The van der Waals surface area contributed by atoms with Gasteiger partial charge in [0.2, 0.25) is 0 Å². The Kier molecular flexibility index (Phi) is 4.71. The molecule has 0 saturated heterocycles. The Morgan fingerprint density at radius 2 is 2.11 bits per heavy atom. The minimum Gasteiger partial charge on any atom is -0.299 e. The molecule has 0 radical (unpaired) electrons. The third-order valence-electron chi connectivity index (χ3n) is 3.88. The number of Topliss-reactive ketones (excluding diaryl/α,β-unsaturated/α-hetero) is 1. The van der Waals surface area contributed by atoms with Gasteiger partial charge in [-0.2, -0.15) is 0 Å². The minimum absolute atomic E-state index is 0.0394. The molecule has 1 aliphatic carbocycles. The van der Waals surface area contributed by atoms with Gasteiger partial charge in [0.25, 0.3) is 0 Å². The van der Waals surface area contributed by atoms with Gasteiger partial charge in [-0.3, -0.25) is 4.79 Å². The van der Waals surface area contributed by atoms with E-state index in [-0.39, 0.29) is 28.2 Å². The van der Waals surface area contributed by atoms with Crippen LogP contribution in [0.1, 0.15) is 38.2 Å². The van der Waals surface area contributed by atoms with Crippen LogP contribution < -0.4 is 0 Å². The zero-order chi connectivity index (χ0) is 14.0. The molecule has 0 N–H and O–H groups in total. The van der Waals surface area contributed by atoms with Crippen LogP contribution in [0.4, 0.5) is 8.78 Å². The van der Waals surface area contributed by atoms with E-state index in [4.69, 9.17) is 0 Å². The predicted molar refractivity (Wildman–Crippen MR) is 73.9 cm³/mol. The summed E-state index contributed by atoms with van der Waals surface area (Å²) in [5, 5.41) is 0. The summed E-state index contributed by atoms with van der Waals surface area (Å²) in [5.41, 5.74) is -0.113. The van der Waals surface area contributed by atoms with Crippen LogP contribution in [0.3, 0.4) is 0 Å². The SMILES string of the molecule is CC1CCCC(C(=O)Cc2c(F)ccc(Br)c2F)C1. The molecule has 1 aliphatic rings. The van der Waals surface area contributed by atoms with Gasteiger partial charge in [-0.1, -0.05) is 19.8 Å². The van der Waals surface area contributed by atoms with Crippen LogP contribution in [-0.2, 0) is 11.2 Å². The summed E-state index contributed by atoms with van der Waals surface area (Å²) >= 11 is 3.02. The molecule has 0 spiro atoms. The van der Waals surface area contributed by atoms with Gasteiger partial charge in [0, 0.05) is 17.9 Å². The van der Waals surface area contributed by atoms with E-state index >= 15 is 0 Å². The second-order valence-electron chi connectivity index (χ2n) is 5.43. The smallest absolute Gasteiger partial charge is 0.143 e. The molecule has 19 heavy (non-hydrogen) atoms. The summed E-state index contributed by atoms with van der Waals surface area (Å²) in [6.07, 6.45) is 3.72. The number of rotatable bonds is 3. The summed E-state index contributed by atoms with van der Waals surface area (Å²) in [6, 6.07) is 2.51. The van der Waals surface area contributed by atoms with E-state index in [1.54, 1.807) is 0 Å². The predicted octanol–water partition coefficient (Wildman–Crippen LogP) is 4.67. The zero-order valence-corrected chi connectivity index (χ0v) is 12.5. The van der Waals surface area contributed by atoms with Crippen molar-refractivity contribution in [2.45, 2.75) is 39.0 Å². The summed E-state index contributed by atoms with van der Waals surface area (Å²) in [4.78, 5) is 12.2. The van der Waals surface area contributed by atoms with Gasteiger partial charge in [0.1, 0.15) is 17.4 Å². The molecule has 2 unspecified atom stereocenters. The molecule has 1 fully saturated rings. The molecule has 0 aromatic heterocycles. The fraction of sp³-hybridized carbons (Fsp3) is 0.533. The Morgan fingerprint density at radius 1 is 1.37 bits per heavy atom. The number of benzene rings is 1. The molecule has 1 saturated carbocycles. The summed E-state index contributed by atoms with van der Waals surface area (Å²) in [7, 11) is 0. The number of carbonyl (C=O) groups excluding carboxylic acids is 1. The lowest BCUT2D eigenvalue weighted by Crippen LogP contribution is -2.24. The fourth-order valence-electron chi connectivity index (χ4n) is 2.78. The first-order chi connectivity index (χ1) is 8.99. The van der Waals surface area contributed by atoms with Crippen LogP contribution in [-0.4, -0.2) is 5.78 Å². The summed E-state index contributed by atoms with van der Waals surface area (Å²) < 4.78 is 27.7. The minimum atomic E-state index is -0.655. The summed E-state index contributed by atoms with van der Waals surface area (Å²) in [6.45, 7) is 2.12. The van der Waals surface area contributed by atoms with Gasteiger partial charge in [-0.25, -0.2) is 8.78 Å². The number of ketones is 1. The molecule has 4 heteroatoms. The molecule has 0 heterocycles. The number of hydrogen-bond acceptors (Lipinski definition) is 1. The van der Waals surface area contributed by atoms with Crippen molar-refractivity contribution in [1.29, 1.82) is 0 Å². The maximum atomic E-state index is 13.8. The molecular weight excluding hydrogens is 314 g/mol. The molecule has 0 bridgehead atoms. The third kappa shape index (κ3) is 3.41. The van der Waals surface area contributed by atoms with Crippen molar-refractivity contribution in [2.24, 2.45) is 11.8 Å². The van der Waals surface area contributed by atoms with E-state index < -0.39 is 11.6 Å². The topological polar surface area (TPSA) is 17.1 Å². The Bertz CT molecular complexity index is 487. The van der Waals surface area contributed by atoms with Crippen molar-refractivity contribution in [3.63, 3.8) is 0 Å². The quantitative estimate of drug-likeness (QED) is 0.736. The van der Waals surface area contributed by atoms with Crippen LogP contribution in [0.25, 0.3) is 0 Å². The highest BCUT2D eigenvalue weighted by molar-refractivity contribution is 9.10. The molecule has 1 aromatic carbocycles. The fourth-order valence-corrected chi connectivity index (χ4v) is 3.15. The number of halogens is 3. The van der Waals surface area contributed by atoms with Crippen LogP contribution >= 0.6 is 15.9 Å². The Morgan fingerprint density at radius 3 is 2.79 bits per heavy atom. The lowest BCUT2D eigenvalue weighted by Gasteiger charge is -2.25. The molecule has 104 valence electrons. The van der Waals surface area contributed by atoms with E-state index in [1.807, 2.05) is 0 Å². The van der Waals surface area contributed by atoms with Crippen molar-refractivity contribution in [3.8, 4) is 0 Å². The van der Waals surface area contributed by atoms with Gasteiger partial charge in [-0.05, 0) is 46.8 Å². The van der Waals surface area contributed by atoms with Gasteiger partial charge < -0.3 is 0 Å². The molecule has 2 rings (SSSR count). The second kappa shape index (κ2) is 6.12. The monoisotopic (exact) mass is 330 g/mol. The Balaban J connectivity index is 2.13. The van der Waals surface area contributed by atoms with Crippen molar-refractivity contribution < 1.29 is 13.6 Å². The zero-order valence-electron chi connectivity index (χ0n) is 10.9. The average Bonchev–Trinajstić information content (AvgIpc) is 2.39. The van der Waals surface area contributed by atoms with Crippen molar-refractivity contribution in [1.82, 2.24) is 0 Å². The number of hydrogen-bond donors (Lipinski definition) is 0. The maximum absolute atomic E-state index is 13.8. The molecule has 1 aromatic rings. The van der Waals surface area contributed by atoms with Gasteiger partial charge in [0.15, 0.2) is 0 Å². The van der Waals surface area contributed by atoms with Gasteiger partial charge >= 0.3 is 0 Å². The second-order valence-corrected chi connectivity index (χ2v) is 6.29. The van der Waals surface area contributed by atoms with E-state index in [1.165, 1.54) is 12.1 Å². The number of carbonyl (C=O) groups is 1. The first kappa shape index (κ1) is 14.6. The third-order valence-corrected chi connectivity index (χ3v) is 4.49. The van der Waals surface area contributed by atoms with Crippen molar-refractivity contribution in [3.05, 3.63) is 33.8 Å². The van der Waals surface area contributed by atoms with E-state index in [0.29, 0.717) is 5.92 Å². The lowest BCUT2D eigenvalue weighted by atomic mass is 9.79. The van der Waals surface area contributed by atoms with Crippen LogP contribution in [0.15, 0.2) is 16.6 Å². The van der Waals surface area contributed by atoms with Crippen molar-refractivity contribution >= 4 is 21.7 Å². The van der Waals surface area contributed by atoms with Crippen LogP contribution in [0.5, 0.6) is 0 Å². The van der Waals surface area contributed by atoms with E-state index in [9.17, 15) is 13.6 Å². The highest BCUT2D eigenvalue weighted by Crippen LogP contribution is 2.31. The normalized spacial score (nSPS) is 23.4. The first-order valence-electron chi connectivity index (χ1n) is 6.64. The molecule has 0 aliphatic heterocycles. The average molecular weight is 331 g/mol. The summed E-state index contributed by atoms with van der Waals surface area (Å²) in [5.74, 6) is -0.848. The Hall–Kier alpha value is -0.770. The van der Waals surface area contributed by atoms with Gasteiger partial charge in [0.05, 0.1) is 4.47 Å². The Labute approximate surface area is 120 Å². The lowest BCUT2D eigenvalue weighted by molar-refractivity contribution is -0.123. The highest BCUT2D eigenvalue weighted by Gasteiger charge is 2.26. The molecule has 1 nitrogen and oxygen atoms in total. The largest absolute Gasteiger partial charge is 0.299 e. The van der Waals surface area contributed by atoms with E-state index in [0.717, 1.165) is 25.7 Å². The van der Waals surface area contributed by atoms with Crippen LogP contribution in [0.2, 0.25) is 0 Å². The first-order valence-corrected chi connectivity index (χ1v) is 7.43. The molecular formula is C15H17BrF2O. The van der Waals surface area contributed by atoms with Gasteiger partial charge in [-0.15, -0.1) is 0 Å². The highest BCUT2D eigenvalue weighted by atomic mass is 79.9. The van der Waals surface area contributed by atoms with E-state index in [2.05, 4.69) is 22.9 Å². The maximum Gasteiger partial charge on any atom is 0.143 e. The van der Waals surface area contributed by atoms with Crippen LogP contribution in [0, 0.1) is 23.5 Å². The molecule has 0 amide bonds. The molecule has 2 atom stereocenters.